The Bertz CT molecular complexity index is 394. The van der Waals surface area contributed by atoms with E-state index in [9.17, 15) is 0 Å². The highest BCUT2D eigenvalue weighted by atomic mass is 28.5. The average molecular weight is 391 g/mol. The van der Waals surface area contributed by atoms with Crippen molar-refractivity contribution in [2.45, 2.75) is 74.4 Å². The predicted molar refractivity (Wildman–Crippen MR) is 94.3 cm³/mol. The van der Waals surface area contributed by atoms with E-state index < -0.39 is 26.4 Å². The second kappa shape index (κ2) is 6.54. The van der Waals surface area contributed by atoms with Crippen molar-refractivity contribution in [1.82, 2.24) is 0 Å². The molecule has 1 aliphatic heterocycles. The highest BCUT2D eigenvalue weighted by Gasteiger charge is 2.74. The summed E-state index contributed by atoms with van der Waals surface area (Å²) in [5.41, 5.74) is 1.15. The fraction of sp³-hybridized carbons (Fsp3) is 1.00. The molecule has 4 rings (SSSR count). The van der Waals surface area contributed by atoms with Crippen molar-refractivity contribution in [1.29, 1.82) is 0 Å². The van der Waals surface area contributed by atoms with Gasteiger partial charge in [0.2, 0.25) is 0 Å². The van der Waals surface area contributed by atoms with Crippen molar-refractivity contribution in [2.24, 2.45) is 0 Å². The molecule has 4 aliphatic rings. The third-order valence-electron chi connectivity index (χ3n) is 6.52. The first-order chi connectivity index (χ1) is 11.6. The molecule has 0 aromatic rings. The van der Waals surface area contributed by atoms with Crippen molar-refractivity contribution in [3.05, 3.63) is 0 Å². The van der Waals surface area contributed by atoms with Crippen molar-refractivity contribution in [3.8, 4) is 0 Å². The van der Waals surface area contributed by atoms with Gasteiger partial charge in [-0.3, -0.25) is 0 Å². The molecule has 0 aromatic heterocycles. The molecule has 3 aliphatic carbocycles. The molecule has 9 heteroatoms. The molecular formula is C15H30O6Si3. The van der Waals surface area contributed by atoms with Crippen LogP contribution in [0.2, 0.25) is 16.6 Å². The first-order valence-electron chi connectivity index (χ1n) is 9.38. The van der Waals surface area contributed by atoms with E-state index >= 15 is 0 Å². The lowest BCUT2D eigenvalue weighted by Gasteiger charge is -2.57. The Morgan fingerprint density at radius 3 is 0.917 bits per heavy atom. The molecule has 138 valence electrons. The zero-order valence-corrected chi connectivity index (χ0v) is 18.0. The van der Waals surface area contributed by atoms with Crippen LogP contribution in [0.25, 0.3) is 0 Å². The first-order valence-corrected chi connectivity index (χ1v) is 14.8. The summed E-state index contributed by atoms with van der Waals surface area (Å²) in [7, 11) is -3.23. The van der Waals surface area contributed by atoms with Crippen LogP contribution in [-0.2, 0) is 25.6 Å². The number of rotatable bonds is 6. The van der Waals surface area contributed by atoms with Gasteiger partial charge in [0.15, 0.2) is 0 Å². The van der Waals surface area contributed by atoms with Gasteiger partial charge in [0, 0.05) is 38.0 Å². The summed E-state index contributed by atoms with van der Waals surface area (Å²) in [6.07, 6.45) is 10.4. The molecule has 0 bridgehead atoms. The van der Waals surface area contributed by atoms with Crippen LogP contribution in [0.5, 0.6) is 0 Å². The van der Waals surface area contributed by atoms with Gasteiger partial charge in [0.05, 0.1) is 0 Å². The highest BCUT2D eigenvalue weighted by Crippen LogP contribution is 2.56. The highest BCUT2D eigenvalue weighted by molar-refractivity contribution is 6.90. The summed E-state index contributed by atoms with van der Waals surface area (Å²) in [6.45, 7) is 0. The van der Waals surface area contributed by atoms with Gasteiger partial charge >= 0.3 is 26.4 Å². The van der Waals surface area contributed by atoms with Gasteiger partial charge in [-0.25, -0.2) is 0 Å². The fourth-order valence-corrected chi connectivity index (χ4v) is 20.9. The molecular weight excluding hydrogens is 360 g/mol. The summed E-state index contributed by atoms with van der Waals surface area (Å²) in [4.78, 5) is 0. The van der Waals surface area contributed by atoms with Gasteiger partial charge in [0.25, 0.3) is 0 Å². The quantitative estimate of drug-likeness (QED) is 0.647. The molecule has 1 saturated heterocycles. The smallest absolute Gasteiger partial charge is 0.378 e. The molecule has 1 heterocycles. The van der Waals surface area contributed by atoms with Gasteiger partial charge in [-0.2, -0.15) is 0 Å². The lowest BCUT2D eigenvalue weighted by molar-refractivity contribution is 0.00561. The van der Waals surface area contributed by atoms with E-state index in [4.69, 9.17) is 25.6 Å². The average Bonchev–Trinajstić information content (AvgIpc) is 2.41. The van der Waals surface area contributed by atoms with Crippen LogP contribution in [0.15, 0.2) is 0 Å². The van der Waals surface area contributed by atoms with Crippen LogP contribution in [0.3, 0.4) is 0 Å². The monoisotopic (exact) mass is 390 g/mol. The molecule has 0 atom stereocenters. The molecule has 0 N–H and O–H groups in total. The van der Waals surface area contributed by atoms with Crippen LogP contribution in [0, 0.1) is 0 Å². The van der Waals surface area contributed by atoms with E-state index in [2.05, 4.69) is 0 Å². The van der Waals surface area contributed by atoms with Crippen molar-refractivity contribution in [3.63, 3.8) is 0 Å². The second-order valence-corrected chi connectivity index (χ2v) is 17.4. The Labute approximate surface area is 148 Å². The Morgan fingerprint density at radius 2 is 0.792 bits per heavy atom. The maximum absolute atomic E-state index is 6.69. The molecule has 0 unspecified atom stereocenters. The Kier molecular flexibility index (Phi) is 4.85. The third-order valence-corrected chi connectivity index (χ3v) is 19.8. The van der Waals surface area contributed by atoms with Crippen molar-refractivity contribution in [2.75, 3.05) is 21.3 Å². The first kappa shape index (κ1) is 17.8. The third kappa shape index (κ3) is 2.55. The molecule has 3 saturated carbocycles. The fourth-order valence-electron chi connectivity index (χ4n) is 4.19. The van der Waals surface area contributed by atoms with E-state index in [1.54, 1.807) is 21.3 Å². The minimum Gasteiger partial charge on any atom is -0.378 e. The molecule has 0 radical (unpaired) electrons. The summed E-state index contributed by atoms with van der Waals surface area (Å²) in [5.74, 6) is 0. The van der Waals surface area contributed by atoms with Crippen molar-refractivity contribution >= 4 is 26.4 Å². The van der Waals surface area contributed by atoms with Gasteiger partial charge in [-0.15, -0.1) is 0 Å². The summed E-state index contributed by atoms with van der Waals surface area (Å²) in [6, 6.07) is 0. The van der Waals surface area contributed by atoms with Gasteiger partial charge in [-0.05, 0) is 38.5 Å². The van der Waals surface area contributed by atoms with E-state index in [-0.39, 0.29) is 0 Å². The SMILES string of the molecule is CO[Si]1(C2CCC2)O[Si](OC)(C2CCC2)O[Si](OC)(C2CCC2)O1. The minimum atomic E-state index is -2.83. The molecule has 6 nitrogen and oxygen atoms in total. The lowest BCUT2D eigenvalue weighted by Crippen LogP contribution is -2.77. The lowest BCUT2D eigenvalue weighted by atomic mass is 10.00. The Balaban J connectivity index is 1.72. The summed E-state index contributed by atoms with van der Waals surface area (Å²) < 4.78 is 38.2. The largest absolute Gasteiger partial charge is 0.489 e. The van der Waals surface area contributed by atoms with Gasteiger partial charge in [0.1, 0.15) is 0 Å². The van der Waals surface area contributed by atoms with Crippen LogP contribution >= 0.6 is 0 Å². The normalized spacial score (nSPS) is 44.6. The molecule has 0 aromatic carbocycles. The Hall–Kier alpha value is 0.411. The molecule has 0 spiro atoms. The van der Waals surface area contributed by atoms with Crippen LogP contribution < -0.4 is 0 Å². The number of hydrogen-bond donors (Lipinski definition) is 0. The standard InChI is InChI=1S/C15H30O6Si3/c1-16-22(13-7-4-8-13)19-23(17-2,14-9-5-10-14)21-24(18-3,20-22)15-11-6-12-15/h13-15H,4-12H2,1-3H3. The maximum atomic E-state index is 6.69. The maximum Gasteiger partial charge on any atom is 0.489 e. The molecule has 0 amide bonds. The Morgan fingerprint density at radius 1 is 0.542 bits per heavy atom. The predicted octanol–water partition coefficient (Wildman–Crippen LogP) is 3.47. The van der Waals surface area contributed by atoms with E-state index in [0.717, 1.165) is 38.5 Å². The minimum absolute atomic E-state index is 0.385. The topological polar surface area (TPSA) is 55.4 Å². The van der Waals surface area contributed by atoms with E-state index in [1.807, 2.05) is 0 Å². The molecule has 4 fully saturated rings. The van der Waals surface area contributed by atoms with E-state index in [0.29, 0.717) is 16.6 Å². The van der Waals surface area contributed by atoms with Crippen molar-refractivity contribution < 1.29 is 25.6 Å². The zero-order chi connectivity index (χ0) is 16.8. The van der Waals surface area contributed by atoms with Crippen LogP contribution in [-0.4, -0.2) is 47.7 Å². The van der Waals surface area contributed by atoms with Gasteiger partial charge in [-0.1, -0.05) is 19.3 Å². The van der Waals surface area contributed by atoms with Gasteiger partial charge < -0.3 is 25.6 Å². The second-order valence-electron chi connectivity index (χ2n) is 7.61. The summed E-state index contributed by atoms with van der Waals surface area (Å²) in [5, 5.41) is 0. The summed E-state index contributed by atoms with van der Waals surface area (Å²) >= 11 is 0. The van der Waals surface area contributed by atoms with Crippen LogP contribution in [0.4, 0.5) is 0 Å². The zero-order valence-electron chi connectivity index (χ0n) is 15.0. The van der Waals surface area contributed by atoms with Crippen LogP contribution in [0.1, 0.15) is 57.8 Å². The number of hydrogen-bond acceptors (Lipinski definition) is 6. The molecule has 24 heavy (non-hydrogen) atoms. The van der Waals surface area contributed by atoms with E-state index in [1.165, 1.54) is 19.3 Å².